The lowest BCUT2D eigenvalue weighted by molar-refractivity contribution is 0.0940. The molecule has 0 spiro atoms. The molecule has 2 aromatic heterocycles. The number of nitrogens with zero attached hydrogens (tertiary/aromatic N) is 3. The van der Waals surface area contributed by atoms with Gasteiger partial charge in [-0.2, -0.15) is 0 Å². The molecule has 0 saturated carbocycles. The standard InChI is InChI=1S/C19H20N4O2/c1-13-7-8-15(12-21-13)19(24)22-17(18-20-9-10-23(18)2)14-5-4-6-16(11-14)25-3/h4-12,17H,1-3H3,(H,22,24). The van der Waals surface area contributed by atoms with Crippen molar-refractivity contribution in [1.29, 1.82) is 0 Å². The van der Waals surface area contributed by atoms with Gasteiger partial charge in [-0.25, -0.2) is 4.98 Å². The fourth-order valence-electron chi connectivity index (χ4n) is 2.59. The molecule has 0 radical (unpaired) electrons. The van der Waals surface area contributed by atoms with Crippen LogP contribution in [-0.4, -0.2) is 27.6 Å². The highest BCUT2D eigenvalue weighted by Gasteiger charge is 2.22. The van der Waals surface area contributed by atoms with Crippen molar-refractivity contribution >= 4 is 5.91 Å². The van der Waals surface area contributed by atoms with Crippen LogP contribution in [0.2, 0.25) is 0 Å². The van der Waals surface area contributed by atoms with E-state index in [0.29, 0.717) is 5.56 Å². The summed E-state index contributed by atoms with van der Waals surface area (Å²) in [6.07, 6.45) is 5.13. The Kier molecular flexibility index (Phi) is 4.79. The fourth-order valence-corrected chi connectivity index (χ4v) is 2.59. The van der Waals surface area contributed by atoms with E-state index in [1.165, 1.54) is 0 Å². The van der Waals surface area contributed by atoms with Gasteiger partial charge in [-0.15, -0.1) is 0 Å². The van der Waals surface area contributed by atoms with E-state index in [2.05, 4.69) is 15.3 Å². The number of ether oxygens (including phenoxy) is 1. The van der Waals surface area contributed by atoms with E-state index >= 15 is 0 Å². The molecule has 0 bridgehead atoms. The minimum absolute atomic E-state index is 0.205. The number of aromatic nitrogens is 3. The number of nitrogens with one attached hydrogen (secondary N) is 1. The number of hydrogen-bond acceptors (Lipinski definition) is 4. The quantitative estimate of drug-likeness (QED) is 0.778. The van der Waals surface area contributed by atoms with Crippen molar-refractivity contribution in [2.45, 2.75) is 13.0 Å². The minimum atomic E-state index is -0.399. The number of hydrogen-bond donors (Lipinski definition) is 1. The van der Waals surface area contributed by atoms with Crippen LogP contribution in [-0.2, 0) is 7.05 Å². The third-order valence-corrected chi connectivity index (χ3v) is 3.99. The third kappa shape index (κ3) is 3.68. The molecule has 1 atom stereocenters. The van der Waals surface area contributed by atoms with Crippen molar-refractivity contribution < 1.29 is 9.53 Å². The van der Waals surface area contributed by atoms with Crippen LogP contribution in [0, 0.1) is 6.92 Å². The number of methoxy groups -OCH3 is 1. The zero-order valence-corrected chi connectivity index (χ0v) is 14.4. The van der Waals surface area contributed by atoms with Gasteiger partial charge in [-0.3, -0.25) is 9.78 Å². The summed E-state index contributed by atoms with van der Waals surface area (Å²) in [5.74, 6) is 1.26. The highest BCUT2D eigenvalue weighted by Crippen LogP contribution is 2.24. The Morgan fingerprint density at radius 3 is 2.72 bits per heavy atom. The van der Waals surface area contributed by atoms with Crippen molar-refractivity contribution in [3.8, 4) is 5.75 Å². The van der Waals surface area contributed by atoms with Gasteiger partial charge in [0.1, 0.15) is 17.6 Å². The van der Waals surface area contributed by atoms with Crippen LogP contribution in [0.1, 0.15) is 33.5 Å². The van der Waals surface area contributed by atoms with Gasteiger partial charge in [-0.1, -0.05) is 12.1 Å². The Balaban J connectivity index is 1.95. The van der Waals surface area contributed by atoms with Gasteiger partial charge in [0.15, 0.2) is 0 Å². The summed E-state index contributed by atoms with van der Waals surface area (Å²) < 4.78 is 7.19. The van der Waals surface area contributed by atoms with Gasteiger partial charge in [0, 0.05) is 31.3 Å². The van der Waals surface area contributed by atoms with Crippen molar-refractivity contribution in [1.82, 2.24) is 19.9 Å². The lowest BCUT2D eigenvalue weighted by Crippen LogP contribution is -2.31. The number of pyridine rings is 1. The molecule has 3 aromatic rings. The van der Waals surface area contributed by atoms with Gasteiger partial charge in [0.25, 0.3) is 5.91 Å². The molecule has 0 aliphatic heterocycles. The van der Waals surface area contributed by atoms with E-state index in [0.717, 1.165) is 22.8 Å². The smallest absolute Gasteiger partial charge is 0.253 e. The van der Waals surface area contributed by atoms with Crippen molar-refractivity contribution in [2.24, 2.45) is 7.05 Å². The monoisotopic (exact) mass is 336 g/mol. The summed E-state index contributed by atoms with van der Waals surface area (Å²) in [6, 6.07) is 10.8. The molecule has 6 heteroatoms. The van der Waals surface area contributed by atoms with Crippen molar-refractivity contribution in [3.05, 3.63) is 77.6 Å². The van der Waals surface area contributed by atoms with Gasteiger partial charge in [0.2, 0.25) is 0 Å². The van der Waals surface area contributed by atoms with Crippen molar-refractivity contribution in [3.63, 3.8) is 0 Å². The zero-order chi connectivity index (χ0) is 17.8. The molecule has 0 aliphatic rings. The molecular formula is C19H20N4O2. The predicted molar refractivity (Wildman–Crippen MR) is 94.5 cm³/mol. The maximum absolute atomic E-state index is 12.7. The van der Waals surface area contributed by atoms with E-state index in [1.807, 2.05) is 55.1 Å². The summed E-state index contributed by atoms with van der Waals surface area (Å²) in [5.41, 5.74) is 2.26. The summed E-state index contributed by atoms with van der Waals surface area (Å²) in [5, 5.41) is 3.05. The maximum Gasteiger partial charge on any atom is 0.253 e. The van der Waals surface area contributed by atoms with Gasteiger partial charge >= 0.3 is 0 Å². The van der Waals surface area contributed by atoms with E-state index in [1.54, 1.807) is 25.6 Å². The summed E-state index contributed by atoms with van der Waals surface area (Å²) in [7, 11) is 3.51. The first-order valence-corrected chi connectivity index (χ1v) is 7.93. The largest absolute Gasteiger partial charge is 0.497 e. The molecule has 2 heterocycles. The average Bonchev–Trinajstić information content (AvgIpc) is 3.06. The van der Waals surface area contributed by atoms with Crippen molar-refractivity contribution in [2.75, 3.05) is 7.11 Å². The molecule has 25 heavy (non-hydrogen) atoms. The van der Waals surface area contributed by atoms with Crippen LogP contribution in [0.15, 0.2) is 55.0 Å². The van der Waals surface area contributed by atoms with Crippen LogP contribution in [0.25, 0.3) is 0 Å². The van der Waals surface area contributed by atoms with Gasteiger partial charge in [-0.05, 0) is 36.8 Å². The molecular weight excluding hydrogens is 316 g/mol. The number of benzene rings is 1. The second kappa shape index (κ2) is 7.17. The molecule has 0 aliphatic carbocycles. The zero-order valence-electron chi connectivity index (χ0n) is 14.4. The van der Waals surface area contributed by atoms with Crippen LogP contribution in [0.4, 0.5) is 0 Å². The van der Waals surface area contributed by atoms with E-state index in [9.17, 15) is 4.79 Å². The number of carbonyl (C=O) groups excluding carboxylic acids is 1. The van der Waals surface area contributed by atoms with Crippen LogP contribution in [0.3, 0.4) is 0 Å². The number of carbonyl (C=O) groups is 1. The van der Waals surface area contributed by atoms with Crippen LogP contribution in [0.5, 0.6) is 5.75 Å². The first-order valence-electron chi connectivity index (χ1n) is 7.93. The highest BCUT2D eigenvalue weighted by molar-refractivity contribution is 5.94. The molecule has 1 amide bonds. The topological polar surface area (TPSA) is 69.0 Å². The van der Waals surface area contributed by atoms with E-state index in [-0.39, 0.29) is 5.91 Å². The minimum Gasteiger partial charge on any atom is -0.497 e. The SMILES string of the molecule is COc1cccc(C(NC(=O)c2ccc(C)nc2)c2nccn2C)c1. The normalized spacial score (nSPS) is 11.8. The summed E-state index contributed by atoms with van der Waals surface area (Å²) >= 11 is 0. The van der Waals surface area contributed by atoms with Crippen LogP contribution < -0.4 is 10.1 Å². The highest BCUT2D eigenvalue weighted by atomic mass is 16.5. The average molecular weight is 336 g/mol. The molecule has 1 unspecified atom stereocenters. The third-order valence-electron chi connectivity index (χ3n) is 3.99. The predicted octanol–water partition coefficient (Wildman–Crippen LogP) is 2.65. The molecule has 3 rings (SSSR count). The Bertz CT molecular complexity index is 871. The Morgan fingerprint density at radius 2 is 2.08 bits per heavy atom. The second-order valence-electron chi connectivity index (χ2n) is 5.77. The van der Waals surface area contributed by atoms with Crippen LogP contribution >= 0.6 is 0 Å². The molecule has 1 N–H and O–H groups in total. The first kappa shape index (κ1) is 16.7. The summed E-state index contributed by atoms with van der Waals surface area (Å²) in [4.78, 5) is 21.3. The Labute approximate surface area is 146 Å². The fraction of sp³-hybridized carbons (Fsp3) is 0.211. The molecule has 0 saturated heterocycles. The first-order chi connectivity index (χ1) is 12.1. The number of amides is 1. The number of imidazole rings is 1. The van der Waals surface area contributed by atoms with Gasteiger partial charge in [0.05, 0.1) is 12.7 Å². The lowest BCUT2D eigenvalue weighted by atomic mass is 10.0. The maximum atomic E-state index is 12.7. The summed E-state index contributed by atoms with van der Waals surface area (Å²) in [6.45, 7) is 1.88. The molecule has 1 aromatic carbocycles. The molecule has 128 valence electrons. The lowest BCUT2D eigenvalue weighted by Gasteiger charge is -2.19. The Hall–Kier alpha value is -3.15. The number of rotatable bonds is 5. The van der Waals surface area contributed by atoms with E-state index < -0.39 is 6.04 Å². The molecule has 6 nitrogen and oxygen atoms in total. The Morgan fingerprint density at radius 1 is 1.24 bits per heavy atom. The van der Waals surface area contributed by atoms with E-state index in [4.69, 9.17) is 4.74 Å². The second-order valence-corrected chi connectivity index (χ2v) is 5.77. The van der Waals surface area contributed by atoms with Gasteiger partial charge < -0.3 is 14.6 Å². The number of aryl methyl sites for hydroxylation is 2. The molecule has 0 fully saturated rings.